The van der Waals surface area contributed by atoms with Crippen LogP contribution in [0, 0.1) is 0 Å². The zero-order valence-electron chi connectivity index (χ0n) is 11.8. The summed E-state index contributed by atoms with van der Waals surface area (Å²) in [6.07, 6.45) is 0. The molecule has 0 unspecified atom stereocenters. The van der Waals surface area contributed by atoms with Gasteiger partial charge in [0.1, 0.15) is 5.69 Å². The lowest BCUT2D eigenvalue weighted by atomic mass is 10.2. The summed E-state index contributed by atoms with van der Waals surface area (Å²) in [7, 11) is 0. The average Bonchev–Trinajstić information content (AvgIpc) is 2.48. The highest BCUT2D eigenvalue weighted by Crippen LogP contribution is 2.33. The summed E-state index contributed by atoms with van der Waals surface area (Å²) in [6, 6.07) is 13.0. The lowest BCUT2D eigenvalue weighted by molar-refractivity contribution is -0.114. The smallest absolute Gasteiger partial charge is 0.326 e. The van der Waals surface area contributed by atoms with Crippen LogP contribution in [0.15, 0.2) is 48.5 Å². The average molecular weight is 298 g/mol. The largest absolute Gasteiger partial charge is 0.347 e. The molecular weight excluding hydrogens is 284 g/mol. The number of carbonyl (C=O) groups excluding carboxylic acids is 2. The maximum atomic E-state index is 12.2. The molecule has 1 aliphatic rings. The van der Waals surface area contributed by atoms with E-state index in [1.807, 2.05) is 0 Å². The Morgan fingerprint density at radius 2 is 1.82 bits per heavy atom. The second kappa shape index (κ2) is 5.38. The van der Waals surface area contributed by atoms with Gasteiger partial charge in [-0.05, 0) is 36.4 Å². The van der Waals surface area contributed by atoms with Gasteiger partial charge in [0, 0.05) is 12.6 Å². The number of nitrogens with one attached hydrogen (secondary N) is 2. The van der Waals surface area contributed by atoms with Gasteiger partial charge >= 0.3 is 6.03 Å². The molecule has 2 aromatic rings. The van der Waals surface area contributed by atoms with Gasteiger partial charge in [-0.3, -0.25) is 10.0 Å². The minimum atomic E-state index is -0.478. The summed E-state index contributed by atoms with van der Waals surface area (Å²) in [4.78, 5) is 23.2. The van der Waals surface area contributed by atoms with Crippen LogP contribution in [0.5, 0.6) is 0 Å². The topological polar surface area (TPSA) is 84.9 Å². The van der Waals surface area contributed by atoms with Crippen LogP contribution >= 0.6 is 0 Å². The second-order valence-corrected chi connectivity index (χ2v) is 4.78. The fourth-order valence-corrected chi connectivity index (χ4v) is 2.23. The molecule has 0 fully saturated rings. The van der Waals surface area contributed by atoms with Crippen molar-refractivity contribution in [2.24, 2.45) is 0 Å². The molecule has 7 nitrogen and oxygen atoms in total. The Balaban J connectivity index is 1.91. The Kier molecular flexibility index (Phi) is 3.40. The Morgan fingerprint density at radius 3 is 2.50 bits per heavy atom. The van der Waals surface area contributed by atoms with Crippen molar-refractivity contribution in [3.05, 3.63) is 48.5 Å². The van der Waals surface area contributed by atoms with Crippen LogP contribution in [0.4, 0.5) is 27.5 Å². The van der Waals surface area contributed by atoms with Gasteiger partial charge in [-0.15, -0.1) is 0 Å². The first-order valence-corrected chi connectivity index (χ1v) is 6.63. The molecule has 22 heavy (non-hydrogen) atoms. The molecule has 0 spiro atoms. The van der Waals surface area contributed by atoms with Crippen molar-refractivity contribution in [2.75, 3.05) is 20.8 Å². The van der Waals surface area contributed by atoms with Crippen LogP contribution < -0.4 is 20.8 Å². The number of carbonyl (C=O) groups is 2. The Morgan fingerprint density at radius 1 is 1.14 bits per heavy atom. The molecule has 0 aromatic heterocycles. The van der Waals surface area contributed by atoms with Crippen LogP contribution in [-0.2, 0) is 4.79 Å². The van der Waals surface area contributed by atoms with E-state index in [-0.39, 0.29) is 5.91 Å². The highest BCUT2D eigenvalue weighted by Gasteiger charge is 2.30. The van der Waals surface area contributed by atoms with Gasteiger partial charge in [-0.1, -0.05) is 12.1 Å². The quantitative estimate of drug-likeness (QED) is 0.796. The number of nitrogens with zero attached hydrogens (tertiary/aromatic N) is 2. The maximum Gasteiger partial charge on any atom is 0.347 e. The van der Waals surface area contributed by atoms with E-state index < -0.39 is 6.03 Å². The van der Waals surface area contributed by atoms with Gasteiger partial charge in [0.15, 0.2) is 0 Å². The third kappa shape index (κ3) is 2.45. The third-order valence-corrected chi connectivity index (χ3v) is 3.18. The monoisotopic (exact) mass is 298 g/mol. The van der Waals surface area contributed by atoms with Crippen molar-refractivity contribution in [3.8, 4) is 0 Å². The first-order valence-electron chi connectivity index (χ1n) is 6.63. The highest BCUT2D eigenvalue weighted by atomic mass is 16.6. The zero-order chi connectivity index (χ0) is 15.7. The summed E-state index contributed by atoms with van der Waals surface area (Å²) in [5.41, 5.74) is 2.07. The van der Waals surface area contributed by atoms with Crippen LogP contribution in [0.25, 0.3) is 0 Å². The molecule has 112 valence electrons. The molecular formula is C15H14N4O3. The van der Waals surface area contributed by atoms with E-state index in [1.165, 1.54) is 6.92 Å². The second-order valence-electron chi connectivity index (χ2n) is 4.78. The number of hydrogen-bond acceptors (Lipinski definition) is 4. The molecule has 7 heteroatoms. The van der Waals surface area contributed by atoms with Crippen LogP contribution in [0.1, 0.15) is 6.92 Å². The molecule has 0 aliphatic carbocycles. The van der Waals surface area contributed by atoms with Crippen LogP contribution in [0.3, 0.4) is 0 Å². The molecule has 0 bridgehead atoms. The molecule has 1 aliphatic heterocycles. The van der Waals surface area contributed by atoms with Crippen molar-refractivity contribution in [2.45, 2.75) is 6.92 Å². The lowest BCUT2D eigenvalue weighted by Crippen LogP contribution is -2.50. The predicted octanol–water partition coefficient (Wildman–Crippen LogP) is 2.81. The number of benzene rings is 2. The van der Waals surface area contributed by atoms with Gasteiger partial charge in [0.05, 0.1) is 11.4 Å². The number of amides is 3. The minimum Gasteiger partial charge on any atom is -0.326 e. The molecule has 0 radical (unpaired) electrons. The normalized spacial score (nSPS) is 13.5. The maximum absolute atomic E-state index is 12.2. The zero-order valence-corrected chi connectivity index (χ0v) is 11.8. The molecule has 0 saturated carbocycles. The molecule has 1 heterocycles. The van der Waals surface area contributed by atoms with E-state index in [9.17, 15) is 14.8 Å². The Bertz CT molecular complexity index is 730. The first kappa shape index (κ1) is 13.9. The summed E-state index contributed by atoms with van der Waals surface area (Å²) in [5, 5.41) is 17.5. The van der Waals surface area contributed by atoms with E-state index in [0.29, 0.717) is 22.7 Å². The Hall–Kier alpha value is -3.06. The molecule has 0 saturated heterocycles. The third-order valence-electron chi connectivity index (χ3n) is 3.18. The number of anilines is 4. The SMILES string of the molecule is CC(=O)Nc1ccc(N2C(=O)Nc3ccccc3N2O)cc1. The number of urea groups is 1. The fraction of sp³-hybridized carbons (Fsp3) is 0.0667. The highest BCUT2D eigenvalue weighted by molar-refractivity contribution is 6.08. The lowest BCUT2D eigenvalue weighted by Gasteiger charge is -2.36. The van der Waals surface area contributed by atoms with Gasteiger partial charge < -0.3 is 10.6 Å². The number of para-hydroxylation sites is 2. The van der Waals surface area contributed by atoms with Gasteiger partial charge in [0.2, 0.25) is 5.91 Å². The van der Waals surface area contributed by atoms with Gasteiger partial charge in [0.25, 0.3) is 0 Å². The number of fused-ring (bicyclic) bond motifs is 1. The van der Waals surface area contributed by atoms with E-state index in [1.54, 1.807) is 48.5 Å². The van der Waals surface area contributed by atoms with E-state index >= 15 is 0 Å². The number of rotatable bonds is 2. The minimum absolute atomic E-state index is 0.179. The first-order chi connectivity index (χ1) is 10.6. The van der Waals surface area contributed by atoms with Crippen molar-refractivity contribution in [1.29, 1.82) is 0 Å². The van der Waals surface area contributed by atoms with E-state index in [4.69, 9.17) is 0 Å². The fourth-order valence-electron chi connectivity index (χ4n) is 2.23. The summed E-state index contributed by atoms with van der Waals surface area (Å²) >= 11 is 0. The standard InChI is InChI=1S/C15H14N4O3/c1-10(20)16-11-6-8-12(9-7-11)18-15(21)17-13-4-2-3-5-14(13)19(18)22/h2-9,22H,1H3,(H,16,20)(H,17,21). The van der Waals surface area contributed by atoms with Crippen molar-refractivity contribution >= 4 is 34.7 Å². The predicted molar refractivity (Wildman–Crippen MR) is 83.0 cm³/mol. The van der Waals surface area contributed by atoms with E-state index in [0.717, 1.165) is 10.2 Å². The molecule has 3 rings (SSSR count). The van der Waals surface area contributed by atoms with Crippen molar-refractivity contribution in [1.82, 2.24) is 0 Å². The van der Waals surface area contributed by atoms with Crippen LogP contribution in [0.2, 0.25) is 0 Å². The van der Waals surface area contributed by atoms with Gasteiger partial charge in [-0.25, -0.2) is 4.79 Å². The molecule has 2 aromatic carbocycles. The van der Waals surface area contributed by atoms with Crippen LogP contribution in [-0.4, -0.2) is 17.1 Å². The summed E-state index contributed by atoms with van der Waals surface area (Å²) in [6.45, 7) is 1.42. The molecule has 3 amide bonds. The van der Waals surface area contributed by atoms with Crippen molar-refractivity contribution < 1.29 is 14.8 Å². The molecule has 3 N–H and O–H groups in total. The number of hydrazine groups is 1. The summed E-state index contributed by atoms with van der Waals surface area (Å²) < 4.78 is 0. The summed E-state index contributed by atoms with van der Waals surface area (Å²) in [5.74, 6) is -0.179. The Labute approximate surface area is 126 Å². The van der Waals surface area contributed by atoms with Crippen molar-refractivity contribution in [3.63, 3.8) is 0 Å². The van der Waals surface area contributed by atoms with Gasteiger partial charge in [-0.2, -0.15) is 10.2 Å². The molecule has 0 atom stereocenters. The number of hydrogen-bond donors (Lipinski definition) is 3. The van der Waals surface area contributed by atoms with E-state index in [2.05, 4.69) is 10.6 Å².